The van der Waals surface area contributed by atoms with Crippen molar-refractivity contribution in [1.82, 2.24) is 15.5 Å². The molecule has 1 fully saturated rings. The maximum atomic E-state index is 12.1. The number of fused-ring (bicyclic) bond motifs is 1. The summed E-state index contributed by atoms with van der Waals surface area (Å²) in [5.74, 6) is 3.00. The zero-order valence-electron chi connectivity index (χ0n) is 15.9. The second-order valence-electron chi connectivity index (χ2n) is 6.83. The molecule has 2 aliphatic rings. The topological polar surface area (TPSA) is 72.1 Å². The molecule has 0 saturated carbocycles. The van der Waals surface area contributed by atoms with Gasteiger partial charge in [-0.15, -0.1) is 12.4 Å². The summed E-state index contributed by atoms with van der Waals surface area (Å²) in [6.07, 6.45) is 3.60. The average Bonchev–Trinajstić information content (AvgIpc) is 3.12. The van der Waals surface area contributed by atoms with Gasteiger partial charge in [-0.3, -0.25) is 9.69 Å². The van der Waals surface area contributed by atoms with Gasteiger partial charge in [-0.05, 0) is 64.0 Å². The molecule has 0 spiro atoms. The Labute approximate surface area is 167 Å². The lowest BCUT2D eigenvalue weighted by molar-refractivity contribution is -0.122. The molecule has 0 bridgehead atoms. The van der Waals surface area contributed by atoms with E-state index in [1.807, 2.05) is 25.2 Å². The number of carbonyl (C=O) groups excluding carboxylic acids is 1. The van der Waals surface area contributed by atoms with Crippen LogP contribution in [-0.4, -0.2) is 64.0 Å². The van der Waals surface area contributed by atoms with Crippen LogP contribution in [0.3, 0.4) is 0 Å². The molecule has 1 aromatic carbocycles. The highest BCUT2D eigenvalue weighted by Crippen LogP contribution is 2.34. The second kappa shape index (κ2) is 11.2. The molecule has 0 atom stereocenters. The van der Waals surface area contributed by atoms with Gasteiger partial charge in [-0.1, -0.05) is 0 Å². The van der Waals surface area contributed by atoms with Crippen molar-refractivity contribution in [1.29, 1.82) is 0 Å². The predicted octanol–water partition coefficient (Wildman–Crippen LogP) is 1.65. The molecular formula is C19H30ClN3O4. The van der Waals surface area contributed by atoms with E-state index in [0.29, 0.717) is 31.2 Å². The van der Waals surface area contributed by atoms with E-state index in [9.17, 15) is 4.79 Å². The summed E-state index contributed by atoms with van der Waals surface area (Å²) in [5.41, 5.74) is 0. The summed E-state index contributed by atoms with van der Waals surface area (Å²) < 4.78 is 16.2. The van der Waals surface area contributed by atoms with E-state index >= 15 is 0 Å². The van der Waals surface area contributed by atoms with E-state index < -0.39 is 0 Å². The number of carbonyl (C=O) groups is 1. The summed E-state index contributed by atoms with van der Waals surface area (Å²) in [5, 5.41) is 6.13. The Balaban J connectivity index is 0.00000261. The van der Waals surface area contributed by atoms with Gasteiger partial charge in [-0.2, -0.15) is 0 Å². The molecule has 1 aromatic rings. The van der Waals surface area contributed by atoms with Gasteiger partial charge >= 0.3 is 0 Å². The van der Waals surface area contributed by atoms with E-state index in [-0.39, 0.29) is 25.1 Å². The molecule has 0 unspecified atom stereocenters. The van der Waals surface area contributed by atoms with Gasteiger partial charge in [-0.25, -0.2) is 0 Å². The highest BCUT2D eigenvalue weighted by molar-refractivity contribution is 5.85. The Morgan fingerprint density at radius 2 is 2.00 bits per heavy atom. The molecule has 1 saturated heterocycles. The van der Waals surface area contributed by atoms with Crippen LogP contribution >= 0.6 is 12.4 Å². The van der Waals surface area contributed by atoms with Crippen LogP contribution in [0.1, 0.15) is 19.3 Å². The third-order valence-corrected chi connectivity index (χ3v) is 4.91. The third kappa shape index (κ3) is 6.75. The van der Waals surface area contributed by atoms with Gasteiger partial charge in [0.2, 0.25) is 12.7 Å². The van der Waals surface area contributed by atoms with Crippen molar-refractivity contribution in [2.75, 3.05) is 53.2 Å². The number of amides is 1. The third-order valence-electron chi connectivity index (χ3n) is 4.91. The zero-order chi connectivity index (χ0) is 18.2. The minimum atomic E-state index is 0. The standard InChI is InChI=1S/C19H29N3O4.ClH/c1-20-7-4-15-5-9-22(10-6-15)13-19(23)21-8-11-24-16-2-3-17-18(12-16)26-14-25-17;/h2-3,12,15,20H,4-11,13-14H2,1H3,(H,21,23);1H. The Hall–Kier alpha value is -1.70. The van der Waals surface area contributed by atoms with E-state index in [0.717, 1.165) is 31.3 Å². The Kier molecular flexibility index (Phi) is 8.97. The first-order chi connectivity index (χ1) is 12.7. The van der Waals surface area contributed by atoms with Gasteiger partial charge in [0, 0.05) is 6.07 Å². The number of rotatable bonds is 9. The van der Waals surface area contributed by atoms with Crippen LogP contribution in [0, 0.1) is 5.92 Å². The van der Waals surface area contributed by atoms with Crippen LogP contribution in [0.15, 0.2) is 18.2 Å². The maximum absolute atomic E-state index is 12.1. The molecule has 8 heteroatoms. The molecule has 0 radical (unpaired) electrons. The molecule has 2 aliphatic heterocycles. The molecule has 27 heavy (non-hydrogen) atoms. The average molecular weight is 400 g/mol. The molecule has 1 amide bonds. The fraction of sp³-hybridized carbons (Fsp3) is 0.632. The number of hydrogen-bond donors (Lipinski definition) is 2. The van der Waals surface area contributed by atoms with Gasteiger partial charge < -0.3 is 24.8 Å². The summed E-state index contributed by atoms with van der Waals surface area (Å²) in [7, 11) is 2.00. The van der Waals surface area contributed by atoms with Crippen molar-refractivity contribution in [3.8, 4) is 17.2 Å². The van der Waals surface area contributed by atoms with Crippen LogP contribution in [0.2, 0.25) is 0 Å². The van der Waals surface area contributed by atoms with Crippen LogP contribution in [0.5, 0.6) is 17.2 Å². The fourth-order valence-corrected chi connectivity index (χ4v) is 3.37. The Bertz CT molecular complexity index is 594. The van der Waals surface area contributed by atoms with E-state index in [1.54, 1.807) is 0 Å². The van der Waals surface area contributed by atoms with E-state index in [1.165, 1.54) is 19.3 Å². The number of likely N-dealkylation sites (tertiary alicyclic amines) is 1. The largest absolute Gasteiger partial charge is 0.492 e. The highest BCUT2D eigenvalue weighted by atomic mass is 35.5. The lowest BCUT2D eigenvalue weighted by Gasteiger charge is -2.31. The Morgan fingerprint density at radius 3 is 2.78 bits per heavy atom. The number of nitrogens with zero attached hydrogens (tertiary/aromatic N) is 1. The molecule has 0 aliphatic carbocycles. The minimum absolute atomic E-state index is 0. The van der Waals surface area contributed by atoms with Crippen LogP contribution < -0.4 is 24.8 Å². The summed E-state index contributed by atoms with van der Waals surface area (Å²) >= 11 is 0. The van der Waals surface area contributed by atoms with Crippen LogP contribution in [-0.2, 0) is 4.79 Å². The second-order valence-corrected chi connectivity index (χ2v) is 6.83. The molecule has 0 aromatic heterocycles. The van der Waals surface area contributed by atoms with Gasteiger partial charge in [0.15, 0.2) is 11.5 Å². The molecule has 2 heterocycles. The Morgan fingerprint density at radius 1 is 1.22 bits per heavy atom. The zero-order valence-corrected chi connectivity index (χ0v) is 16.7. The molecule has 152 valence electrons. The molecule has 7 nitrogen and oxygen atoms in total. The van der Waals surface area contributed by atoms with Crippen LogP contribution in [0.4, 0.5) is 0 Å². The quantitative estimate of drug-likeness (QED) is 0.615. The summed E-state index contributed by atoms with van der Waals surface area (Å²) in [6, 6.07) is 5.48. The van der Waals surface area contributed by atoms with Gasteiger partial charge in [0.05, 0.1) is 13.1 Å². The smallest absolute Gasteiger partial charge is 0.234 e. The number of halogens is 1. The number of piperidine rings is 1. The molecule has 2 N–H and O–H groups in total. The maximum Gasteiger partial charge on any atom is 0.234 e. The minimum Gasteiger partial charge on any atom is -0.492 e. The monoisotopic (exact) mass is 399 g/mol. The SMILES string of the molecule is CNCCC1CCN(CC(=O)NCCOc2ccc3c(c2)OCO3)CC1.Cl. The fourth-order valence-electron chi connectivity index (χ4n) is 3.37. The van der Waals surface area contributed by atoms with Crippen molar-refractivity contribution in [3.05, 3.63) is 18.2 Å². The molecular weight excluding hydrogens is 370 g/mol. The first-order valence-electron chi connectivity index (χ1n) is 9.40. The van der Waals surface area contributed by atoms with Crippen molar-refractivity contribution in [2.45, 2.75) is 19.3 Å². The predicted molar refractivity (Wildman–Crippen MR) is 106 cm³/mol. The lowest BCUT2D eigenvalue weighted by Crippen LogP contribution is -2.42. The van der Waals surface area contributed by atoms with Crippen molar-refractivity contribution < 1.29 is 19.0 Å². The molecule has 3 rings (SSSR count). The first kappa shape index (κ1) is 21.6. The number of hydrogen-bond acceptors (Lipinski definition) is 6. The van der Waals surface area contributed by atoms with Crippen LogP contribution in [0.25, 0.3) is 0 Å². The normalized spacial score (nSPS) is 16.6. The summed E-state index contributed by atoms with van der Waals surface area (Å²) in [6.45, 7) is 4.74. The number of benzene rings is 1. The van der Waals surface area contributed by atoms with Gasteiger partial charge in [0.25, 0.3) is 0 Å². The van der Waals surface area contributed by atoms with E-state index in [4.69, 9.17) is 14.2 Å². The number of nitrogens with one attached hydrogen (secondary N) is 2. The van der Waals surface area contributed by atoms with Crippen molar-refractivity contribution in [2.24, 2.45) is 5.92 Å². The van der Waals surface area contributed by atoms with E-state index in [2.05, 4.69) is 15.5 Å². The highest BCUT2D eigenvalue weighted by Gasteiger charge is 2.20. The van der Waals surface area contributed by atoms with Crippen molar-refractivity contribution in [3.63, 3.8) is 0 Å². The lowest BCUT2D eigenvalue weighted by atomic mass is 9.93. The summed E-state index contributed by atoms with van der Waals surface area (Å²) in [4.78, 5) is 14.3. The van der Waals surface area contributed by atoms with Crippen molar-refractivity contribution >= 4 is 18.3 Å². The first-order valence-corrected chi connectivity index (χ1v) is 9.40. The van der Waals surface area contributed by atoms with Gasteiger partial charge in [0.1, 0.15) is 12.4 Å². The number of ether oxygens (including phenoxy) is 3.